The van der Waals surface area contributed by atoms with Gasteiger partial charge < -0.3 is 14.5 Å². The Morgan fingerprint density at radius 2 is 1.67 bits per heavy atom. The molecule has 1 aromatic heterocycles. The molecule has 1 heterocycles. The lowest BCUT2D eigenvalue weighted by molar-refractivity contribution is 0.415. The summed E-state index contributed by atoms with van der Waals surface area (Å²) in [6.45, 7) is 2.04. The van der Waals surface area contributed by atoms with Crippen LogP contribution in [0.15, 0.2) is 52.9 Å². The summed E-state index contributed by atoms with van der Waals surface area (Å²) in [5.74, 6) is 1.25. The van der Waals surface area contributed by atoms with Gasteiger partial charge in [-0.1, -0.05) is 22.8 Å². The Balaban J connectivity index is 1.77. The van der Waals surface area contributed by atoms with Crippen LogP contribution in [0.3, 0.4) is 0 Å². The standard InChI is InChI=1S/C16H15N3O2/c1-11-3-7-13(8-4-11)17-16-19-18-15(21-16)12-5-9-14(20-2)10-6-12/h3-10H,1-2H3,(H,17,19). The Morgan fingerprint density at radius 1 is 0.952 bits per heavy atom. The lowest BCUT2D eigenvalue weighted by Crippen LogP contribution is -1.89. The second kappa shape index (κ2) is 5.66. The molecule has 0 saturated carbocycles. The van der Waals surface area contributed by atoms with Crippen LogP contribution in [0.4, 0.5) is 11.7 Å². The molecule has 0 unspecified atom stereocenters. The number of nitrogens with one attached hydrogen (secondary N) is 1. The first-order chi connectivity index (χ1) is 10.2. The number of hydrogen-bond donors (Lipinski definition) is 1. The van der Waals surface area contributed by atoms with E-state index in [1.54, 1.807) is 7.11 Å². The molecule has 0 radical (unpaired) electrons. The highest BCUT2D eigenvalue weighted by Crippen LogP contribution is 2.24. The lowest BCUT2D eigenvalue weighted by atomic mass is 10.2. The fourth-order valence-electron chi connectivity index (χ4n) is 1.88. The van der Waals surface area contributed by atoms with Crippen LogP contribution in [0, 0.1) is 6.92 Å². The molecule has 0 spiro atoms. The number of ether oxygens (including phenoxy) is 1. The highest BCUT2D eigenvalue weighted by molar-refractivity contribution is 5.57. The number of aromatic nitrogens is 2. The molecular weight excluding hydrogens is 266 g/mol. The van der Waals surface area contributed by atoms with E-state index in [1.807, 2.05) is 55.5 Å². The number of methoxy groups -OCH3 is 1. The molecule has 106 valence electrons. The number of aryl methyl sites for hydroxylation is 1. The smallest absolute Gasteiger partial charge is 0.320 e. The van der Waals surface area contributed by atoms with E-state index >= 15 is 0 Å². The van der Waals surface area contributed by atoms with Crippen molar-refractivity contribution in [1.82, 2.24) is 10.2 Å². The van der Waals surface area contributed by atoms with Crippen LogP contribution in [-0.2, 0) is 0 Å². The first-order valence-corrected chi connectivity index (χ1v) is 6.56. The Bertz CT molecular complexity index is 718. The van der Waals surface area contributed by atoms with Crippen molar-refractivity contribution in [2.24, 2.45) is 0 Å². The van der Waals surface area contributed by atoms with Gasteiger partial charge in [0.25, 0.3) is 0 Å². The van der Waals surface area contributed by atoms with E-state index in [4.69, 9.17) is 9.15 Å². The molecule has 2 aromatic carbocycles. The minimum atomic E-state index is 0.365. The van der Waals surface area contributed by atoms with Crippen LogP contribution in [0.1, 0.15) is 5.56 Å². The van der Waals surface area contributed by atoms with E-state index in [0.717, 1.165) is 17.0 Å². The number of benzene rings is 2. The zero-order valence-electron chi connectivity index (χ0n) is 11.8. The van der Waals surface area contributed by atoms with Gasteiger partial charge in [-0.25, -0.2) is 0 Å². The minimum absolute atomic E-state index is 0.365. The fraction of sp³-hybridized carbons (Fsp3) is 0.125. The maximum Gasteiger partial charge on any atom is 0.320 e. The molecule has 5 nitrogen and oxygen atoms in total. The molecule has 0 aliphatic carbocycles. The molecule has 0 aliphatic heterocycles. The lowest BCUT2D eigenvalue weighted by Gasteiger charge is -2.01. The van der Waals surface area contributed by atoms with Gasteiger partial charge in [-0.3, -0.25) is 0 Å². The Morgan fingerprint density at radius 3 is 2.33 bits per heavy atom. The van der Waals surface area contributed by atoms with Crippen LogP contribution >= 0.6 is 0 Å². The first kappa shape index (κ1) is 13.2. The molecule has 0 saturated heterocycles. The topological polar surface area (TPSA) is 60.2 Å². The summed E-state index contributed by atoms with van der Waals surface area (Å²) in [5, 5.41) is 11.1. The molecular formula is C16H15N3O2. The van der Waals surface area contributed by atoms with E-state index in [9.17, 15) is 0 Å². The molecule has 1 N–H and O–H groups in total. The van der Waals surface area contributed by atoms with Crippen molar-refractivity contribution in [1.29, 1.82) is 0 Å². The van der Waals surface area contributed by atoms with Gasteiger partial charge in [0.1, 0.15) is 5.75 Å². The minimum Gasteiger partial charge on any atom is -0.497 e. The van der Waals surface area contributed by atoms with Gasteiger partial charge in [0.05, 0.1) is 7.11 Å². The number of rotatable bonds is 4. The van der Waals surface area contributed by atoms with Crippen molar-refractivity contribution in [3.05, 3.63) is 54.1 Å². The SMILES string of the molecule is COc1ccc(-c2nnc(Nc3ccc(C)cc3)o2)cc1. The maximum absolute atomic E-state index is 5.60. The maximum atomic E-state index is 5.60. The van der Waals surface area contributed by atoms with Crippen LogP contribution < -0.4 is 10.1 Å². The number of hydrogen-bond acceptors (Lipinski definition) is 5. The van der Waals surface area contributed by atoms with Crippen molar-refractivity contribution in [3.63, 3.8) is 0 Å². The van der Waals surface area contributed by atoms with Gasteiger partial charge in [-0.05, 0) is 43.3 Å². The first-order valence-electron chi connectivity index (χ1n) is 6.56. The van der Waals surface area contributed by atoms with E-state index in [1.165, 1.54) is 5.56 Å². The molecule has 0 fully saturated rings. The summed E-state index contributed by atoms with van der Waals surface area (Å²) in [4.78, 5) is 0. The summed E-state index contributed by atoms with van der Waals surface area (Å²) in [7, 11) is 1.63. The summed E-state index contributed by atoms with van der Waals surface area (Å²) >= 11 is 0. The van der Waals surface area contributed by atoms with Crippen molar-refractivity contribution in [3.8, 4) is 17.2 Å². The third-order valence-electron chi connectivity index (χ3n) is 3.06. The summed E-state index contributed by atoms with van der Waals surface area (Å²) in [6, 6.07) is 15.8. The van der Waals surface area contributed by atoms with Crippen molar-refractivity contribution in [2.75, 3.05) is 12.4 Å². The molecule has 3 aromatic rings. The van der Waals surface area contributed by atoms with E-state index in [0.29, 0.717) is 11.9 Å². The predicted molar refractivity (Wildman–Crippen MR) is 80.7 cm³/mol. The van der Waals surface area contributed by atoms with E-state index < -0.39 is 0 Å². The van der Waals surface area contributed by atoms with E-state index in [-0.39, 0.29) is 0 Å². The average molecular weight is 281 g/mol. The van der Waals surface area contributed by atoms with Crippen LogP contribution in [-0.4, -0.2) is 17.3 Å². The van der Waals surface area contributed by atoms with Crippen molar-refractivity contribution < 1.29 is 9.15 Å². The summed E-state index contributed by atoms with van der Waals surface area (Å²) in [6.07, 6.45) is 0. The van der Waals surface area contributed by atoms with Gasteiger partial charge >= 0.3 is 6.01 Å². The van der Waals surface area contributed by atoms with Gasteiger partial charge in [-0.15, -0.1) is 5.10 Å². The molecule has 0 amide bonds. The quantitative estimate of drug-likeness (QED) is 0.788. The molecule has 0 aliphatic rings. The molecule has 0 bridgehead atoms. The van der Waals surface area contributed by atoms with Crippen LogP contribution in [0.5, 0.6) is 5.75 Å². The van der Waals surface area contributed by atoms with Gasteiger partial charge in [-0.2, -0.15) is 0 Å². The number of anilines is 2. The zero-order chi connectivity index (χ0) is 14.7. The Labute approximate surface area is 122 Å². The third-order valence-corrected chi connectivity index (χ3v) is 3.06. The van der Waals surface area contributed by atoms with Crippen molar-refractivity contribution >= 4 is 11.7 Å². The van der Waals surface area contributed by atoms with Gasteiger partial charge in [0.15, 0.2) is 0 Å². The zero-order valence-corrected chi connectivity index (χ0v) is 11.8. The molecule has 21 heavy (non-hydrogen) atoms. The average Bonchev–Trinajstić information content (AvgIpc) is 2.98. The van der Waals surface area contributed by atoms with Crippen LogP contribution in [0.2, 0.25) is 0 Å². The second-order valence-corrected chi connectivity index (χ2v) is 4.63. The Hall–Kier alpha value is -2.82. The fourth-order valence-corrected chi connectivity index (χ4v) is 1.88. The van der Waals surface area contributed by atoms with Gasteiger partial charge in [0.2, 0.25) is 5.89 Å². The highest BCUT2D eigenvalue weighted by atomic mass is 16.5. The molecule has 5 heteroatoms. The third kappa shape index (κ3) is 3.02. The highest BCUT2D eigenvalue weighted by Gasteiger charge is 2.08. The normalized spacial score (nSPS) is 10.4. The Kier molecular flexibility index (Phi) is 3.55. The van der Waals surface area contributed by atoms with Gasteiger partial charge in [0, 0.05) is 11.3 Å². The predicted octanol–water partition coefficient (Wildman–Crippen LogP) is 3.80. The monoisotopic (exact) mass is 281 g/mol. The second-order valence-electron chi connectivity index (χ2n) is 4.63. The largest absolute Gasteiger partial charge is 0.497 e. The van der Waals surface area contributed by atoms with E-state index in [2.05, 4.69) is 15.5 Å². The summed E-state index contributed by atoms with van der Waals surface area (Å²) < 4.78 is 10.7. The summed E-state index contributed by atoms with van der Waals surface area (Å²) in [5.41, 5.74) is 2.95. The van der Waals surface area contributed by atoms with Crippen molar-refractivity contribution in [2.45, 2.75) is 6.92 Å². The molecule has 3 rings (SSSR count). The van der Waals surface area contributed by atoms with Crippen LogP contribution in [0.25, 0.3) is 11.5 Å². The number of nitrogens with zero attached hydrogens (tertiary/aromatic N) is 2. The molecule has 0 atom stereocenters.